The molecule has 2 saturated carbocycles. The summed E-state index contributed by atoms with van der Waals surface area (Å²) >= 11 is 0. The van der Waals surface area contributed by atoms with Crippen LogP contribution in [0.2, 0.25) is 0 Å². The summed E-state index contributed by atoms with van der Waals surface area (Å²) in [6.07, 6.45) is 12.6. The molecule has 4 aromatic rings. The van der Waals surface area contributed by atoms with E-state index in [2.05, 4.69) is 40.9 Å². The molecule has 13 nitrogen and oxygen atoms in total. The van der Waals surface area contributed by atoms with Gasteiger partial charge >= 0.3 is 0 Å². The van der Waals surface area contributed by atoms with Crippen LogP contribution in [-0.2, 0) is 10.0 Å². The Bertz CT molecular complexity index is 1740. The van der Waals surface area contributed by atoms with Gasteiger partial charge in [-0.05, 0) is 77.7 Å². The van der Waals surface area contributed by atoms with Crippen LogP contribution in [0.15, 0.2) is 55.2 Å². The molecule has 0 aliphatic heterocycles. The fraction of sp³-hybridized carbons (Fsp3) is 0.452. The highest BCUT2D eigenvalue weighted by molar-refractivity contribution is 7.90. The van der Waals surface area contributed by atoms with Gasteiger partial charge in [0.05, 0.1) is 34.5 Å². The summed E-state index contributed by atoms with van der Waals surface area (Å²) in [6.45, 7) is 3.61. The molecule has 0 aromatic carbocycles. The lowest BCUT2D eigenvalue weighted by molar-refractivity contribution is 0.0196. The van der Waals surface area contributed by atoms with Gasteiger partial charge < -0.3 is 26.0 Å². The molecule has 2 aliphatic rings. The zero-order valence-corrected chi connectivity index (χ0v) is 26.6. The van der Waals surface area contributed by atoms with Gasteiger partial charge in [-0.1, -0.05) is 0 Å². The average Bonchev–Trinajstić information content (AvgIpc) is 3.75. The number of likely N-dealkylation sites (N-methyl/N-ethyl adjacent to an activating group) is 1. The minimum absolute atomic E-state index is 0.190. The highest BCUT2D eigenvalue weighted by Gasteiger charge is 2.37. The van der Waals surface area contributed by atoms with Crippen LogP contribution in [0, 0.1) is 0 Å². The molecule has 0 saturated heterocycles. The molecule has 0 atom stereocenters. The number of aliphatic hydroxyl groups is 1. The molecule has 4 heterocycles. The standard InChI is InChI=1S/C31H40N10O3S/c1-31(42)10-6-22(7-11-31)37-27-17-29(35-19-25(27)26-16-23(8-12-33-26)32-14-15-40(2)3)38-28-9-13-34-30(39-28)21-18-36-41(20-21)45(43,44)24-4-5-24/h8-9,12-13,16-20,22,24,42H,4-7,10-11,14-15H2,1-3H3,(H,32,33)(H2,34,35,37,38,39). The van der Waals surface area contributed by atoms with E-state index in [0.29, 0.717) is 35.9 Å². The van der Waals surface area contributed by atoms with Gasteiger partial charge in [-0.3, -0.25) is 4.98 Å². The minimum Gasteiger partial charge on any atom is -0.390 e. The molecule has 6 rings (SSSR count). The molecule has 0 unspecified atom stereocenters. The number of nitrogens with one attached hydrogen (secondary N) is 3. The van der Waals surface area contributed by atoms with Crippen molar-refractivity contribution in [3.8, 4) is 22.6 Å². The Hall–Kier alpha value is -4.14. The Morgan fingerprint density at radius 1 is 1.02 bits per heavy atom. The third kappa shape index (κ3) is 7.57. The molecule has 2 aliphatic carbocycles. The first-order valence-electron chi connectivity index (χ1n) is 15.3. The van der Waals surface area contributed by atoms with Gasteiger partial charge in [-0.15, -0.1) is 0 Å². The lowest BCUT2D eigenvalue weighted by atomic mass is 9.83. The smallest absolute Gasteiger partial charge is 0.256 e. The Morgan fingerprint density at radius 2 is 1.80 bits per heavy atom. The van der Waals surface area contributed by atoms with Gasteiger partial charge in [-0.25, -0.2) is 23.4 Å². The summed E-state index contributed by atoms with van der Waals surface area (Å²) in [5, 5.41) is 24.6. The minimum atomic E-state index is -3.48. The highest BCUT2D eigenvalue weighted by Crippen LogP contribution is 2.35. The van der Waals surface area contributed by atoms with Crippen LogP contribution in [0.1, 0.15) is 45.4 Å². The van der Waals surface area contributed by atoms with E-state index in [4.69, 9.17) is 4.98 Å². The quantitative estimate of drug-likeness (QED) is 0.178. The molecular weight excluding hydrogens is 592 g/mol. The number of hydrogen-bond acceptors (Lipinski definition) is 12. The van der Waals surface area contributed by atoms with Gasteiger partial charge in [-0.2, -0.15) is 9.19 Å². The van der Waals surface area contributed by atoms with E-state index in [-0.39, 0.29) is 11.3 Å². The number of nitrogens with zero attached hydrogens (tertiary/aromatic N) is 7. The summed E-state index contributed by atoms with van der Waals surface area (Å²) in [4.78, 5) is 20.4. The summed E-state index contributed by atoms with van der Waals surface area (Å²) in [5.74, 6) is 1.42. The molecule has 14 heteroatoms. The van der Waals surface area contributed by atoms with Crippen molar-refractivity contribution in [3.63, 3.8) is 0 Å². The summed E-state index contributed by atoms with van der Waals surface area (Å²) in [5.41, 5.74) is 3.37. The lowest BCUT2D eigenvalue weighted by Gasteiger charge is -2.34. The van der Waals surface area contributed by atoms with Crippen LogP contribution in [-0.4, -0.2) is 91.6 Å². The molecule has 4 N–H and O–H groups in total. The predicted octanol–water partition coefficient (Wildman–Crippen LogP) is 3.96. The normalized spacial score (nSPS) is 20.2. The van der Waals surface area contributed by atoms with Crippen molar-refractivity contribution < 1.29 is 13.5 Å². The Labute approximate surface area is 263 Å². The van der Waals surface area contributed by atoms with E-state index in [9.17, 15) is 13.5 Å². The van der Waals surface area contributed by atoms with E-state index in [0.717, 1.165) is 65.5 Å². The van der Waals surface area contributed by atoms with Gasteiger partial charge in [0.25, 0.3) is 10.0 Å². The van der Waals surface area contributed by atoms with Gasteiger partial charge in [0.1, 0.15) is 11.6 Å². The maximum absolute atomic E-state index is 12.6. The van der Waals surface area contributed by atoms with Crippen LogP contribution >= 0.6 is 0 Å². The Balaban J connectivity index is 1.25. The average molecular weight is 633 g/mol. The number of hydrogen-bond donors (Lipinski definition) is 4. The van der Waals surface area contributed by atoms with Crippen molar-refractivity contribution in [2.75, 3.05) is 43.1 Å². The number of rotatable bonds is 12. The molecule has 0 spiro atoms. The van der Waals surface area contributed by atoms with E-state index >= 15 is 0 Å². The number of aromatic nitrogens is 6. The fourth-order valence-electron chi connectivity index (χ4n) is 5.34. The molecular formula is C31H40N10O3S. The number of anilines is 4. The topological polar surface area (TPSA) is 163 Å². The predicted molar refractivity (Wildman–Crippen MR) is 175 cm³/mol. The molecule has 4 aromatic heterocycles. The van der Waals surface area contributed by atoms with Crippen LogP contribution in [0.25, 0.3) is 22.6 Å². The first kappa shape index (κ1) is 30.9. The van der Waals surface area contributed by atoms with Crippen LogP contribution in [0.5, 0.6) is 0 Å². The first-order valence-corrected chi connectivity index (χ1v) is 16.8. The van der Waals surface area contributed by atoms with Crippen molar-refractivity contribution in [2.45, 2.75) is 62.3 Å². The monoisotopic (exact) mass is 632 g/mol. The van der Waals surface area contributed by atoms with E-state index in [1.54, 1.807) is 24.7 Å². The lowest BCUT2D eigenvalue weighted by Crippen LogP contribution is -2.35. The van der Waals surface area contributed by atoms with E-state index < -0.39 is 15.6 Å². The second kappa shape index (κ2) is 12.7. The SMILES string of the molecule is CN(C)CCNc1ccnc(-c2cnc(Nc3ccnc(-c4cnn(S(=O)(=O)C5CC5)c4)n3)cc2NC2CCC(C)(O)CC2)c1. The van der Waals surface area contributed by atoms with E-state index in [1.165, 1.54) is 12.4 Å². The maximum Gasteiger partial charge on any atom is 0.256 e. The Morgan fingerprint density at radius 3 is 2.56 bits per heavy atom. The van der Waals surface area contributed by atoms with E-state index in [1.807, 2.05) is 39.2 Å². The van der Waals surface area contributed by atoms with Crippen molar-refractivity contribution in [3.05, 3.63) is 55.2 Å². The molecule has 45 heavy (non-hydrogen) atoms. The van der Waals surface area contributed by atoms with Crippen LogP contribution in [0.3, 0.4) is 0 Å². The Kier molecular flexibility index (Phi) is 8.71. The summed E-state index contributed by atoms with van der Waals surface area (Å²) in [6, 6.07) is 7.84. The molecule has 0 amide bonds. The van der Waals surface area contributed by atoms with Crippen LogP contribution in [0.4, 0.5) is 23.0 Å². The third-order valence-electron chi connectivity index (χ3n) is 8.19. The second-order valence-corrected chi connectivity index (χ2v) is 14.5. The first-order chi connectivity index (χ1) is 21.6. The van der Waals surface area contributed by atoms with Gasteiger partial charge in [0, 0.05) is 60.7 Å². The molecule has 238 valence electrons. The van der Waals surface area contributed by atoms with Crippen molar-refractivity contribution in [1.82, 2.24) is 34.0 Å². The molecule has 0 bridgehead atoms. The largest absolute Gasteiger partial charge is 0.390 e. The number of pyridine rings is 2. The second-order valence-electron chi connectivity index (χ2n) is 12.4. The van der Waals surface area contributed by atoms with Gasteiger partial charge in [0.15, 0.2) is 5.82 Å². The van der Waals surface area contributed by atoms with Gasteiger partial charge in [0.2, 0.25) is 0 Å². The fourth-order valence-corrected chi connectivity index (χ4v) is 6.82. The maximum atomic E-state index is 12.6. The molecule has 2 fully saturated rings. The third-order valence-corrected chi connectivity index (χ3v) is 10.2. The summed E-state index contributed by atoms with van der Waals surface area (Å²) in [7, 11) is 0.607. The van der Waals surface area contributed by atoms with Crippen molar-refractivity contribution in [1.29, 1.82) is 0 Å². The zero-order chi connectivity index (χ0) is 31.6. The van der Waals surface area contributed by atoms with Crippen molar-refractivity contribution in [2.24, 2.45) is 0 Å². The summed E-state index contributed by atoms with van der Waals surface area (Å²) < 4.78 is 26.2. The zero-order valence-electron chi connectivity index (χ0n) is 25.8. The highest BCUT2D eigenvalue weighted by atomic mass is 32.2. The van der Waals surface area contributed by atoms with Crippen molar-refractivity contribution >= 4 is 33.0 Å². The van der Waals surface area contributed by atoms with Crippen LogP contribution < -0.4 is 16.0 Å². The molecule has 0 radical (unpaired) electrons.